The van der Waals surface area contributed by atoms with Crippen LogP contribution in [-0.4, -0.2) is 24.3 Å². The Bertz CT molecular complexity index is 172. The van der Waals surface area contributed by atoms with E-state index in [4.69, 9.17) is 4.74 Å². The van der Waals surface area contributed by atoms with Crippen molar-refractivity contribution in [1.29, 1.82) is 0 Å². The van der Waals surface area contributed by atoms with Gasteiger partial charge < -0.3 is 0 Å². The van der Waals surface area contributed by atoms with Gasteiger partial charge in [0.2, 0.25) is 0 Å². The van der Waals surface area contributed by atoms with E-state index < -0.39 is 11.6 Å². The van der Waals surface area contributed by atoms with Gasteiger partial charge >= 0.3 is 110 Å². The van der Waals surface area contributed by atoms with Crippen LogP contribution in [0.4, 0.5) is 0 Å². The Kier molecular flexibility index (Phi) is 6.93. The Morgan fingerprint density at radius 3 is 2.43 bits per heavy atom. The van der Waals surface area contributed by atoms with Gasteiger partial charge in [0.1, 0.15) is 0 Å². The molecule has 1 aliphatic carbocycles. The van der Waals surface area contributed by atoms with E-state index in [0.717, 1.165) is 13.0 Å². The van der Waals surface area contributed by atoms with E-state index >= 15 is 0 Å². The Morgan fingerprint density at radius 1 is 1.21 bits per heavy atom. The summed E-state index contributed by atoms with van der Waals surface area (Å²) in [6.07, 6.45) is 6.82. The summed E-state index contributed by atoms with van der Waals surface area (Å²) in [5.74, 6) is 0. The molecule has 14 heavy (non-hydrogen) atoms. The van der Waals surface area contributed by atoms with E-state index in [1.165, 1.54) is 25.7 Å². The third-order valence-corrected chi connectivity index (χ3v) is 15.7. The monoisotopic (exact) mass is 508 g/mol. The molecule has 0 N–H and O–H groups in total. The Hall–Kier alpha value is 2.19. The molecule has 0 unspecified atom stereocenters. The first-order chi connectivity index (χ1) is 6.55. The van der Waals surface area contributed by atoms with Gasteiger partial charge in [0.05, 0.1) is 0 Å². The van der Waals surface area contributed by atoms with Gasteiger partial charge in [-0.1, -0.05) is 0 Å². The maximum atomic E-state index is 5.93. The molecule has 0 spiro atoms. The van der Waals surface area contributed by atoms with Gasteiger partial charge in [-0.2, -0.15) is 0 Å². The first-order valence-electron chi connectivity index (χ1n) is 5.08. The van der Waals surface area contributed by atoms with Crippen molar-refractivity contribution in [2.75, 3.05) is 6.61 Å². The zero-order valence-corrected chi connectivity index (χ0v) is 15.4. The zero-order valence-electron chi connectivity index (χ0n) is 8.35. The molecule has 1 aliphatic rings. The predicted molar refractivity (Wildman–Crippen MR) is 74.8 cm³/mol. The number of halogens is 3. The van der Waals surface area contributed by atoms with E-state index in [2.05, 4.69) is 45.2 Å². The summed E-state index contributed by atoms with van der Waals surface area (Å²) >= 11 is 9.37. The molecule has 1 fully saturated rings. The fraction of sp³-hybridized carbons (Fsp3) is 1.00. The van der Waals surface area contributed by atoms with Crippen molar-refractivity contribution in [2.24, 2.45) is 0 Å². The van der Waals surface area contributed by atoms with E-state index in [1.807, 2.05) is 0 Å². The van der Waals surface area contributed by atoms with Gasteiger partial charge in [0.15, 0.2) is 0 Å². The molecule has 5 heteroatoms. The molecule has 0 amide bonds. The van der Waals surface area contributed by atoms with Crippen molar-refractivity contribution < 1.29 is 4.74 Å². The van der Waals surface area contributed by atoms with Gasteiger partial charge in [0, 0.05) is 0 Å². The van der Waals surface area contributed by atoms with Crippen molar-refractivity contribution in [3.63, 3.8) is 0 Å². The molecule has 1 rings (SSSR count). The molecular formula is C9H17Br3OTe. The Balaban J connectivity index is 2.50. The normalized spacial score (nSPS) is 30.3. The third kappa shape index (κ3) is 4.59. The Morgan fingerprint density at radius 2 is 1.86 bits per heavy atom. The molecule has 0 aromatic heterocycles. The standard InChI is InChI=1S/C9H17Br3OTe/c1-2-7-13-8-5-3-4-6-9(8)14(10,11)12/h8-9H,2-7H2,1H3/t8-,9-/m1/s1. The van der Waals surface area contributed by atoms with Crippen molar-refractivity contribution in [3.8, 4) is 0 Å². The molecule has 2 atom stereocenters. The van der Waals surface area contributed by atoms with Gasteiger partial charge in [-0.05, 0) is 0 Å². The van der Waals surface area contributed by atoms with Crippen LogP contribution in [0.5, 0.6) is 0 Å². The second-order valence-electron chi connectivity index (χ2n) is 3.67. The van der Waals surface area contributed by atoms with Crippen LogP contribution in [0.1, 0.15) is 39.0 Å². The van der Waals surface area contributed by atoms with Crippen LogP contribution in [0.3, 0.4) is 0 Å². The van der Waals surface area contributed by atoms with Crippen molar-refractivity contribution >= 4 is 49.8 Å². The SMILES string of the molecule is CCCO[C@@H]1CCCC[C@H]1[Te](Br)(Br)Br. The van der Waals surface area contributed by atoms with Crippen LogP contribution in [-0.2, 0) is 4.74 Å². The molecule has 0 radical (unpaired) electrons. The summed E-state index contributed by atoms with van der Waals surface area (Å²) in [4.78, 5) is 0. The molecule has 0 aromatic rings. The van der Waals surface area contributed by atoms with Gasteiger partial charge in [-0.25, -0.2) is 0 Å². The molecule has 0 bridgehead atoms. The second kappa shape index (κ2) is 6.81. The Labute approximate surface area is 109 Å². The molecule has 1 saturated carbocycles. The van der Waals surface area contributed by atoms with Crippen LogP contribution < -0.4 is 0 Å². The van der Waals surface area contributed by atoms with Crippen LogP contribution in [0.2, 0.25) is 3.97 Å². The summed E-state index contributed by atoms with van der Waals surface area (Å²) in [7, 11) is 0. The van der Waals surface area contributed by atoms with Crippen molar-refractivity contribution in [3.05, 3.63) is 0 Å². The maximum absolute atomic E-state index is 5.93. The fourth-order valence-electron chi connectivity index (χ4n) is 1.83. The van der Waals surface area contributed by atoms with Gasteiger partial charge in [0.25, 0.3) is 0 Å². The minimum absolute atomic E-state index is 0.475. The summed E-state index contributed by atoms with van der Waals surface area (Å²) in [6.45, 7) is 3.08. The van der Waals surface area contributed by atoms with Crippen LogP contribution >= 0.6 is 38.3 Å². The summed E-state index contributed by atoms with van der Waals surface area (Å²) in [5.41, 5.74) is 0. The molecule has 86 valence electrons. The van der Waals surface area contributed by atoms with Gasteiger partial charge in [-0.15, -0.1) is 0 Å². The van der Waals surface area contributed by atoms with Crippen LogP contribution in [0.25, 0.3) is 0 Å². The number of ether oxygens (including phenoxy) is 1. The third-order valence-electron chi connectivity index (χ3n) is 2.52. The number of hydrogen-bond acceptors (Lipinski definition) is 1. The minimum atomic E-state index is -2.08. The van der Waals surface area contributed by atoms with E-state index in [1.54, 1.807) is 0 Å². The molecule has 0 saturated heterocycles. The quantitative estimate of drug-likeness (QED) is 0.494. The molecule has 0 aromatic carbocycles. The van der Waals surface area contributed by atoms with Crippen LogP contribution in [0.15, 0.2) is 0 Å². The average molecular weight is 509 g/mol. The predicted octanol–water partition coefficient (Wildman–Crippen LogP) is 4.85. The summed E-state index contributed by atoms with van der Waals surface area (Å²) in [5, 5.41) is 0. The zero-order chi connectivity index (χ0) is 10.6. The van der Waals surface area contributed by atoms with E-state index in [-0.39, 0.29) is 0 Å². The van der Waals surface area contributed by atoms with Gasteiger partial charge in [-0.3, -0.25) is 0 Å². The molecular weight excluding hydrogens is 491 g/mol. The summed E-state index contributed by atoms with van der Waals surface area (Å²) < 4.78 is 6.64. The molecule has 0 aliphatic heterocycles. The average Bonchev–Trinajstić information content (AvgIpc) is 2.14. The first-order valence-corrected chi connectivity index (χ1v) is 22.1. The summed E-state index contributed by atoms with van der Waals surface area (Å²) in [6, 6.07) is 0. The molecule has 1 nitrogen and oxygen atoms in total. The van der Waals surface area contributed by atoms with Crippen molar-refractivity contribution in [2.45, 2.75) is 49.1 Å². The second-order valence-corrected chi connectivity index (χ2v) is 46.0. The van der Waals surface area contributed by atoms with Crippen molar-refractivity contribution in [1.82, 2.24) is 0 Å². The number of hydrogen-bond donors (Lipinski definition) is 0. The number of rotatable bonds is 4. The van der Waals surface area contributed by atoms with Crippen LogP contribution in [0, 0.1) is 0 Å². The van der Waals surface area contributed by atoms with E-state index in [9.17, 15) is 0 Å². The first kappa shape index (κ1) is 14.3. The topological polar surface area (TPSA) is 9.23 Å². The van der Waals surface area contributed by atoms with E-state index in [0.29, 0.717) is 10.1 Å². The molecule has 0 heterocycles. The fourth-order valence-corrected chi connectivity index (χ4v) is 13.3.